The Labute approximate surface area is 234 Å². The quantitative estimate of drug-likeness (QED) is 0.442. The molecule has 0 unspecified atom stereocenters. The van der Waals surface area contributed by atoms with Crippen LogP contribution in [-0.4, -0.2) is 103 Å². The minimum absolute atomic E-state index is 0.254. The van der Waals surface area contributed by atoms with Crippen molar-refractivity contribution < 1.29 is 19.4 Å². The van der Waals surface area contributed by atoms with Crippen LogP contribution in [0.3, 0.4) is 0 Å². The highest BCUT2D eigenvalue weighted by Crippen LogP contribution is 2.35. The van der Waals surface area contributed by atoms with Crippen LogP contribution in [0, 0.1) is 6.92 Å². The molecule has 39 heavy (non-hydrogen) atoms. The monoisotopic (exact) mass is 559 g/mol. The highest BCUT2D eigenvalue weighted by molar-refractivity contribution is 7.17. The number of esters is 1. The molecule has 3 aliphatic rings. The molecule has 0 amide bonds. The molecule has 5 heterocycles. The van der Waals surface area contributed by atoms with Crippen LogP contribution in [0.5, 0.6) is 0 Å². The van der Waals surface area contributed by atoms with E-state index in [-0.39, 0.29) is 12.1 Å². The minimum atomic E-state index is -0.359. The third-order valence-electron chi connectivity index (χ3n) is 7.61. The predicted octanol–water partition coefficient (Wildman–Crippen LogP) is 2.99. The van der Waals surface area contributed by atoms with Crippen LogP contribution in [-0.2, 0) is 15.9 Å². The standard InChI is InChI=1S/C27H41N7O4S/c1-3-38-25(36)22-19(2)28-27(39-22)31-26-29-23-21(24(30-26)34-13-8-20(35)9-14-34)7-4-5-11-33(23)12-6-10-32-15-17-37-18-16-32/h20,35H,3-18H2,1-2H3,(H,28,29,30,31). The van der Waals surface area contributed by atoms with Gasteiger partial charge in [-0.15, -0.1) is 0 Å². The second-order valence-electron chi connectivity index (χ2n) is 10.4. The number of fused-ring (bicyclic) bond motifs is 1. The fraction of sp³-hybridized carbons (Fsp3) is 0.704. The summed E-state index contributed by atoms with van der Waals surface area (Å²) in [5.74, 6) is 2.07. The van der Waals surface area contributed by atoms with Gasteiger partial charge in [0.15, 0.2) is 5.13 Å². The number of anilines is 4. The number of aryl methyl sites for hydroxylation is 1. The van der Waals surface area contributed by atoms with Gasteiger partial charge in [-0.1, -0.05) is 11.3 Å². The Balaban J connectivity index is 1.42. The largest absolute Gasteiger partial charge is 0.462 e. The van der Waals surface area contributed by atoms with Gasteiger partial charge in [-0.2, -0.15) is 9.97 Å². The number of thiazole rings is 1. The van der Waals surface area contributed by atoms with Gasteiger partial charge in [-0.05, 0) is 52.4 Å². The minimum Gasteiger partial charge on any atom is -0.462 e. The molecule has 2 fully saturated rings. The Morgan fingerprint density at radius 3 is 2.62 bits per heavy atom. The smallest absolute Gasteiger partial charge is 0.350 e. The lowest BCUT2D eigenvalue weighted by Gasteiger charge is -2.33. The first-order valence-corrected chi connectivity index (χ1v) is 15.1. The summed E-state index contributed by atoms with van der Waals surface area (Å²) in [6.07, 6.45) is 5.43. The maximum atomic E-state index is 12.4. The van der Waals surface area contributed by atoms with Gasteiger partial charge < -0.3 is 24.4 Å². The van der Waals surface area contributed by atoms with Crippen molar-refractivity contribution in [2.45, 2.75) is 58.5 Å². The SMILES string of the molecule is CCOC(=O)c1sc(Nc2nc3c(c(N4CCC(O)CC4)n2)CCCCN3CCCN2CCOCC2)nc1C. The first-order chi connectivity index (χ1) is 19.0. The molecule has 0 aromatic carbocycles. The molecular weight excluding hydrogens is 518 g/mol. The number of ether oxygens (including phenoxy) is 2. The maximum absolute atomic E-state index is 12.4. The predicted molar refractivity (Wildman–Crippen MR) is 153 cm³/mol. The summed E-state index contributed by atoms with van der Waals surface area (Å²) >= 11 is 1.26. The van der Waals surface area contributed by atoms with Crippen LogP contribution in [0.15, 0.2) is 0 Å². The maximum Gasteiger partial charge on any atom is 0.350 e. The Morgan fingerprint density at radius 2 is 1.85 bits per heavy atom. The van der Waals surface area contributed by atoms with E-state index in [0.29, 0.717) is 28.3 Å². The fourth-order valence-corrected chi connectivity index (χ4v) is 6.36. The van der Waals surface area contributed by atoms with Crippen molar-refractivity contribution in [2.24, 2.45) is 0 Å². The molecule has 5 rings (SSSR count). The number of rotatable bonds is 9. The first kappa shape index (κ1) is 28.0. The molecule has 2 N–H and O–H groups in total. The Morgan fingerprint density at radius 1 is 1.08 bits per heavy atom. The lowest BCUT2D eigenvalue weighted by Crippen LogP contribution is -2.39. The Hall–Kier alpha value is -2.54. The topological polar surface area (TPSA) is 116 Å². The molecule has 0 atom stereocenters. The molecule has 3 aliphatic heterocycles. The van der Waals surface area contributed by atoms with Gasteiger partial charge in [0.05, 0.1) is 31.6 Å². The molecule has 0 bridgehead atoms. The number of piperidine rings is 1. The summed E-state index contributed by atoms with van der Waals surface area (Å²) in [4.78, 5) is 34.7. The van der Waals surface area contributed by atoms with E-state index in [0.717, 1.165) is 109 Å². The van der Waals surface area contributed by atoms with Gasteiger partial charge in [0, 0.05) is 51.4 Å². The van der Waals surface area contributed by atoms with Crippen molar-refractivity contribution in [2.75, 3.05) is 80.8 Å². The summed E-state index contributed by atoms with van der Waals surface area (Å²) in [6.45, 7) is 12.0. The average molecular weight is 560 g/mol. The second-order valence-corrected chi connectivity index (χ2v) is 11.4. The van der Waals surface area contributed by atoms with E-state index in [4.69, 9.17) is 19.4 Å². The van der Waals surface area contributed by atoms with E-state index in [1.807, 2.05) is 6.92 Å². The molecule has 12 heteroatoms. The molecule has 0 saturated carbocycles. The van der Waals surface area contributed by atoms with Crippen LogP contribution in [0.25, 0.3) is 0 Å². The molecule has 214 valence electrons. The van der Waals surface area contributed by atoms with E-state index in [2.05, 4.69) is 25.0 Å². The van der Waals surface area contributed by atoms with E-state index in [1.54, 1.807) is 6.92 Å². The number of hydrogen-bond donors (Lipinski definition) is 2. The van der Waals surface area contributed by atoms with E-state index >= 15 is 0 Å². The van der Waals surface area contributed by atoms with Gasteiger partial charge in [-0.3, -0.25) is 10.2 Å². The molecule has 2 aromatic heterocycles. The highest BCUT2D eigenvalue weighted by atomic mass is 32.1. The number of aromatic nitrogens is 3. The fourth-order valence-electron chi connectivity index (χ4n) is 5.51. The normalized spacial score (nSPS) is 19.1. The molecular formula is C27H41N7O4S. The summed E-state index contributed by atoms with van der Waals surface area (Å²) in [5, 5.41) is 14.0. The molecule has 11 nitrogen and oxygen atoms in total. The third-order valence-corrected chi connectivity index (χ3v) is 8.67. The number of carbonyl (C=O) groups is 1. The number of aliphatic hydroxyl groups is 1. The van der Waals surface area contributed by atoms with Gasteiger partial charge in [0.1, 0.15) is 16.5 Å². The van der Waals surface area contributed by atoms with E-state index < -0.39 is 0 Å². The van der Waals surface area contributed by atoms with Crippen LogP contribution in [0.1, 0.15) is 60.0 Å². The number of nitrogens with zero attached hydrogens (tertiary/aromatic N) is 6. The van der Waals surface area contributed by atoms with E-state index in [9.17, 15) is 9.90 Å². The number of hydrogen-bond acceptors (Lipinski definition) is 12. The van der Waals surface area contributed by atoms with Crippen LogP contribution >= 0.6 is 11.3 Å². The van der Waals surface area contributed by atoms with Crippen molar-refractivity contribution in [3.63, 3.8) is 0 Å². The van der Waals surface area contributed by atoms with E-state index in [1.165, 1.54) is 16.9 Å². The highest BCUT2D eigenvalue weighted by Gasteiger charge is 2.28. The molecule has 2 aromatic rings. The van der Waals surface area contributed by atoms with Gasteiger partial charge in [-0.25, -0.2) is 9.78 Å². The van der Waals surface area contributed by atoms with Crippen molar-refractivity contribution >= 4 is 40.0 Å². The van der Waals surface area contributed by atoms with Crippen LogP contribution in [0.2, 0.25) is 0 Å². The Bertz CT molecular complexity index is 1120. The van der Waals surface area contributed by atoms with Crippen molar-refractivity contribution in [3.05, 3.63) is 16.1 Å². The van der Waals surface area contributed by atoms with Crippen LogP contribution < -0.4 is 15.1 Å². The first-order valence-electron chi connectivity index (χ1n) is 14.3. The number of carbonyl (C=O) groups excluding carboxylic acids is 1. The number of nitrogens with one attached hydrogen (secondary N) is 1. The number of aliphatic hydroxyl groups excluding tert-OH is 1. The lowest BCUT2D eigenvalue weighted by atomic mass is 10.1. The zero-order valence-electron chi connectivity index (χ0n) is 23.2. The van der Waals surface area contributed by atoms with Crippen molar-refractivity contribution in [1.29, 1.82) is 0 Å². The third kappa shape index (κ3) is 6.97. The van der Waals surface area contributed by atoms with Crippen molar-refractivity contribution in [3.8, 4) is 0 Å². The lowest BCUT2D eigenvalue weighted by molar-refractivity contribution is 0.0376. The Kier molecular flexibility index (Phi) is 9.49. The van der Waals surface area contributed by atoms with Crippen molar-refractivity contribution in [1.82, 2.24) is 19.9 Å². The van der Waals surface area contributed by atoms with Crippen LogP contribution in [0.4, 0.5) is 22.7 Å². The van der Waals surface area contributed by atoms with Gasteiger partial charge in [0.25, 0.3) is 0 Å². The van der Waals surface area contributed by atoms with Gasteiger partial charge in [0.2, 0.25) is 5.95 Å². The average Bonchev–Trinajstić information content (AvgIpc) is 3.18. The zero-order chi connectivity index (χ0) is 27.2. The zero-order valence-corrected chi connectivity index (χ0v) is 24.0. The van der Waals surface area contributed by atoms with Gasteiger partial charge >= 0.3 is 5.97 Å². The molecule has 0 aliphatic carbocycles. The second kappa shape index (κ2) is 13.2. The summed E-state index contributed by atoms with van der Waals surface area (Å²) in [6, 6.07) is 0. The summed E-state index contributed by atoms with van der Waals surface area (Å²) in [7, 11) is 0. The summed E-state index contributed by atoms with van der Waals surface area (Å²) < 4.78 is 10.7. The molecule has 2 saturated heterocycles. The number of morpholine rings is 1. The molecule has 0 spiro atoms. The molecule has 0 radical (unpaired) electrons. The summed E-state index contributed by atoms with van der Waals surface area (Å²) in [5.41, 5.74) is 1.83.